The zero-order valence-electron chi connectivity index (χ0n) is 20.2. The van der Waals surface area contributed by atoms with E-state index in [4.69, 9.17) is 9.16 Å². The Bertz CT molecular complexity index is 822. The van der Waals surface area contributed by atoms with Crippen molar-refractivity contribution in [3.05, 3.63) is 34.8 Å². The average molecular weight is 496 g/mol. The van der Waals surface area contributed by atoms with E-state index in [0.29, 0.717) is 18.6 Å². The number of halogens is 1. The van der Waals surface area contributed by atoms with Gasteiger partial charge < -0.3 is 9.16 Å². The molecule has 0 aromatic heterocycles. The van der Waals surface area contributed by atoms with Gasteiger partial charge in [-0.25, -0.2) is 0 Å². The van der Waals surface area contributed by atoms with Gasteiger partial charge in [-0.2, -0.15) is 0 Å². The molecular formula is C25H39BrO3Si. The predicted molar refractivity (Wildman–Crippen MR) is 132 cm³/mol. The molecule has 1 aliphatic carbocycles. The Hall–Kier alpha value is -1.07. The van der Waals surface area contributed by atoms with Crippen LogP contribution in [0.4, 0.5) is 0 Å². The first-order chi connectivity index (χ1) is 13.5. The number of Topliss-reactive ketones (excluding diaryl/α,β-unsaturated/α-hetero) is 1. The summed E-state index contributed by atoms with van der Waals surface area (Å²) in [5.41, 5.74) is 0.801. The molecule has 1 saturated carbocycles. The number of rotatable bonds is 6. The zero-order valence-corrected chi connectivity index (χ0v) is 22.8. The third kappa shape index (κ3) is 5.21. The molecule has 0 aliphatic heterocycles. The lowest BCUT2D eigenvalue weighted by molar-refractivity contribution is -0.133. The molecule has 0 amide bonds. The van der Waals surface area contributed by atoms with E-state index in [1.54, 1.807) is 7.11 Å². The molecule has 2 unspecified atom stereocenters. The molecule has 2 rings (SSSR count). The molecule has 1 fully saturated rings. The largest absolute Gasteiger partial charge is 0.543 e. The van der Waals surface area contributed by atoms with Crippen molar-refractivity contribution in [1.29, 1.82) is 0 Å². The van der Waals surface area contributed by atoms with Gasteiger partial charge in [-0.15, -0.1) is 6.58 Å². The maximum absolute atomic E-state index is 13.2. The van der Waals surface area contributed by atoms with E-state index in [1.165, 1.54) is 0 Å². The van der Waals surface area contributed by atoms with E-state index in [-0.39, 0.29) is 21.8 Å². The zero-order chi connectivity index (χ0) is 23.1. The number of ether oxygens (including phenoxy) is 1. The summed E-state index contributed by atoms with van der Waals surface area (Å²) in [6.07, 6.45) is 4.12. The Morgan fingerprint density at radius 3 is 2.30 bits per heavy atom. The Morgan fingerprint density at radius 1 is 1.23 bits per heavy atom. The second-order valence-corrected chi connectivity index (χ2v) is 17.0. The number of benzene rings is 1. The van der Waals surface area contributed by atoms with Gasteiger partial charge in [0.15, 0.2) is 0 Å². The number of allylic oxidation sites excluding steroid dienone is 1. The first-order valence-corrected chi connectivity index (χ1v) is 14.5. The summed E-state index contributed by atoms with van der Waals surface area (Å²) in [5.74, 6) is 1.89. The summed E-state index contributed by atoms with van der Waals surface area (Å²) < 4.78 is 13.1. The van der Waals surface area contributed by atoms with E-state index in [2.05, 4.69) is 77.1 Å². The second-order valence-electron chi connectivity index (χ2n) is 11.4. The standard InChI is InChI=1S/C25H39BrO3Si/c1-11-25(7)15-20(27)18(24(5,6)16-25)12-17-13-22(28-8)19(26)14-21(17)29-30(9,10)23(2,3)4/h11,13-14,18H,1,12,15-16H2,2-10H3. The van der Waals surface area contributed by atoms with Crippen molar-refractivity contribution >= 4 is 30.0 Å². The van der Waals surface area contributed by atoms with Gasteiger partial charge in [-0.1, -0.05) is 47.6 Å². The fourth-order valence-corrected chi connectivity index (χ4v) is 5.88. The van der Waals surface area contributed by atoms with E-state index in [1.807, 2.05) is 18.2 Å². The Morgan fingerprint density at radius 2 is 1.83 bits per heavy atom. The first-order valence-electron chi connectivity index (χ1n) is 10.8. The number of hydrogen-bond acceptors (Lipinski definition) is 3. The Labute approximate surface area is 192 Å². The summed E-state index contributed by atoms with van der Waals surface area (Å²) in [6, 6.07) is 4.06. The van der Waals surface area contributed by atoms with Gasteiger partial charge in [0.1, 0.15) is 17.3 Å². The van der Waals surface area contributed by atoms with Crippen LogP contribution in [-0.4, -0.2) is 21.2 Å². The maximum atomic E-state index is 13.2. The second kappa shape index (κ2) is 8.46. The number of hydrogen-bond donors (Lipinski definition) is 0. The van der Waals surface area contributed by atoms with E-state index >= 15 is 0 Å². The molecule has 0 spiro atoms. The SMILES string of the molecule is C=CC1(C)CC(=O)C(Cc2cc(OC)c(Br)cc2O[Si](C)(C)C(C)(C)C)C(C)(C)C1. The van der Waals surface area contributed by atoms with Gasteiger partial charge in [-0.05, 0) is 75.4 Å². The molecule has 0 bridgehead atoms. The maximum Gasteiger partial charge on any atom is 0.250 e. The van der Waals surface area contributed by atoms with Gasteiger partial charge in [-0.3, -0.25) is 4.79 Å². The highest BCUT2D eigenvalue weighted by atomic mass is 79.9. The van der Waals surface area contributed by atoms with Crippen molar-refractivity contribution in [2.24, 2.45) is 16.7 Å². The van der Waals surface area contributed by atoms with Gasteiger partial charge in [0.05, 0.1) is 11.6 Å². The molecule has 0 radical (unpaired) electrons. The van der Waals surface area contributed by atoms with Crippen LogP contribution in [0.15, 0.2) is 29.3 Å². The smallest absolute Gasteiger partial charge is 0.250 e. The third-order valence-electron chi connectivity index (χ3n) is 7.19. The van der Waals surface area contributed by atoms with Crippen molar-refractivity contribution in [1.82, 2.24) is 0 Å². The molecule has 1 aromatic rings. The van der Waals surface area contributed by atoms with Gasteiger partial charge >= 0.3 is 0 Å². The number of carbonyl (C=O) groups is 1. The number of carbonyl (C=O) groups excluding carboxylic acids is 1. The third-order valence-corrected chi connectivity index (χ3v) is 12.2. The predicted octanol–water partition coefficient (Wildman–Crippen LogP) is 7.58. The minimum atomic E-state index is -2.03. The van der Waals surface area contributed by atoms with Crippen molar-refractivity contribution in [3.8, 4) is 11.5 Å². The van der Waals surface area contributed by atoms with Crippen LogP contribution in [0, 0.1) is 16.7 Å². The topological polar surface area (TPSA) is 35.5 Å². The van der Waals surface area contributed by atoms with Crippen molar-refractivity contribution in [2.45, 2.75) is 78.9 Å². The Kier molecular flexibility index (Phi) is 7.10. The van der Waals surface area contributed by atoms with Crippen LogP contribution in [-0.2, 0) is 11.2 Å². The lowest BCUT2D eigenvalue weighted by atomic mass is 9.57. The lowest BCUT2D eigenvalue weighted by Crippen LogP contribution is -2.45. The lowest BCUT2D eigenvalue weighted by Gasteiger charge is -2.46. The molecule has 168 valence electrons. The highest BCUT2D eigenvalue weighted by Crippen LogP contribution is 2.50. The minimum absolute atomic E-state index is 0.0572. The van der Waals surface area contributed by atoms with Crippen molar-refractivity contribution in [2.75, 3.05) is 7.11 Å². The van der Waals surface area contributed by atoms with Gasteiger partial charge in [0.2, 0.25) is 8.32 Å². The van der Waals surface area contributed by atoms with E-state index in [0.717, 1.165) is 28.0 Å². The molecule has 1 aliphatic rings. The van der Waals surface area contributed by atoms with Crippen molar-refractivity contribution < 1.29 is 14.0 Å². The van der Waals surface area contributed by atoms with Crippen LogP contribution < -0.4 is 9.16 Å². The van der Waals surface area contributed by atoms with E-state index in [9.17, 15) is 4.79 Å². The number of ketones is 1. The summed E-state index contributed by atoms with van der Waals surface area (Å²) in [6.45, 7) is 21.8. The Balaban J connectivity index is 2.48. The molecular weight excluding hydrogens is 456 g/mol. The highest BCUT2D eigenvalue weighted by molar-refractivity contribution is 9.10. The fourth-order valence-electron chi connectivity index (χ4n) is 4.35. The van der Waals surface area contributed by atoms with Gasteiger partial charge in [0.25, 0.3) is 0 Å². The highest BCUT2D eigenvalue weighted by Gasteiger charge is 2.47. The van der Waals surface area contributed by atoms with Crippen LogP contribution in [0.5, 0.6) is 11.5 Å². The van der Waals surface area contributed by atoms with Crippen LogP contribution in [0.3, 0.4) is 0 Å². The summed E-state index contributed by atoms with van der Waals surface area (Å²) >= 11 is 3.62. The molecule has 2 atom stereocenters. The monoisotopic (exact) mass is 494 g/mol. The molecule has 5 heteroatoms. The quantitative estimate of drug-likeness (QED) is 0.301. The van der Waals surface area contributed by atoms with Crippen LogP contribution >= 0.6 is 15.9 Å². The van der Waals surface area contributed by atoms with E-state index < -0.39 is 8.32 Å². The normalized spacial score (nSPS) is 24.5. The fraction of sp³-hybridized carbons (Fsp3) is 0.640. The summed E-state index contributed by atoms with van der Waals surface area (Å²) in [4.78, 5) is 13.2. The van der Waals surface area contributed by atoms with Crippen LogP contribution in [0.25, 0.3) is 0 Å². The summed E-state index contributed by atoms with van der Waals surface area (Å²) in [5, 5.41) is 0.0857. The van der Waals surface area contributed by atoms with Gasteiger partial charge in [0, 0.05) is 12.3 Å². The number of methoxy groups -OCH3 is 1. The first kappa shape index (κ1) is 25.2. The van der Waals surface area contributed by atoms with Crippen LogP contribution in [0.1, 0.15) is 59.9 Å². The molecule has 0 heterocycles. The molecule has 1 aromatic carbocycles. The molecule has 0 saturated heterocycles. The summed E-state index contributed by atoms with van der Waals surface area (Å²) in [7, 11) is -0.365. The van der Waals surface area contributed by atoms with Crippen molar-refractivity contribution in [3.63, 3.8) is 0 Å². The molecule has 30 heavy (non-hydrogen) atoms. The van der Waals surface area contributed by atoms with Crippen LogP contribution in [0.2, 0.25) is 18.1 Å². The molecule has 3 nitrogen and oxygen atoms in total. The molecule has 0 N–H and O–H groups in total. The minimum Gasteiger partial charge on any atom is -0.543 e. The average Bonchev–Trinajstić information content (AvgIpc) is 2.57.